The van der Waals surface area contributed by atoms with Crippen molar-refractivity contribution in [1.29, 1.82) is 0 Å². The fourth-order valence-corrected chi connectivity index (χ4v) is 2.23. The second kappa shape index (κ2) is 4.98. The molecule has 1 aromatic carbocycles. The Morgan fingerprint density at radius 3 is 2.50 bits per heavy atom. The molecule has 2 rings (SSSR count). The first-order valence-electron chi connectivity index (χ1n) is 6.12. The number of ether oxygens (including phenoxy) is 1. The summed E-state index contributed by atoms with van der Waals surface area (Å²) in [5, 5.41) is 3.55. The van der Waals surface area contributed by atoms with E-state index in [1.807, 2.05) is 0 Å². The van der Waals surface area contributed by atoms with Crippen LogP contribution in [0.4, 0.5) is 0 Å². The largest absolute Gasteiger partial charge is 0.378 e. The van der Waals surface area contributed by atoms with Gasteiger partial charge in [-0.15, -0.1) is 0 Å². The molecule has 1 aromatic rings. The van der Waals surface area contributed by atoms with Gasteiger partial charge in [0, 0.05) is 12.1 Å². The van der Waals surface area contributed by atoms with Crippen molar-refractivity contribution < 1.29 is 4.74 Å². The van der Waals surface area contributed by atoms with E-state index >= 15 is 0 Å². The summed E-state index contributed by atoms with van der Waals surface area (Å²) in [4.78, 5) is 0. The van der Waals surface area contributed by atoms with E-state index in [9.17, 15) is 0 Å². The van der Waals surface area contributed by atoms with Crippen LogP contribution in [0.2, 0.25) is 0 Å². The van der Waals surface area contributed by atoms with Gasteiger partial charge in [0.15, 0.2) is 0 Å². The Balaban J connectivity index is 2.01. The maximum Gasteiger partial charge on any atom is 0.0649 e. The van der Waals surface area contributed by atoms with E-state index in [1.54, 1.807) is 0 Å². The van der Waals surface area contributed by atoms with Gasteiger partial charge in [-0.2, -0.15) is 0 Å². The van der Waals surface area contributed by atoms with Gasteiger partial charge in [-0.05, 0) is 30.9 Å². The molecule has 1 aliphatic rings. The van der Waals surface area contributed by atoms with Crippen molar-refractivity contribution in [2.75, 3.05) is 19.8 Å². The second-order valence-corrected chi connectivity index (χ2v) is 4.89. The monoisotopic (exact) mass is 219 g/mol. The number of rotatable bonds is 3. The molecule has 1 atom stereocenters. The third-order valence-corrected chi connectivity index (χ3v) is 3.24. The van der Waals surface area contributed by atoms with E-state index in [2.05, 4.69) is 43.4 Å². The van der Waals surface area contributed by atoms with Gasteiger partial charge in [-0.25, -0.2) is 0 Å². The molecule has 0 aliphatic carbocycles. The van der Waals surface area contributed by atoms with Gasteiger partial charge >= 0.3 is 0 Å². The molecular weight excluding hydrogens is 198 g/mol. The van der Waals surface area contributed by atoms with E-state index in [0.29, 0.717) is 0 Å². The Hall–Kier alpha value is -0.860. The van der Waals surface area contributed by atoms with Crippen LogP contribution in [0, 0.1) is 0 Å². The maximum absolute atomic E-state index is 5.54. The van der Waals surface area contributed by atoms with Crippen molar-refractivity contribution >= 4 is 0 Å². The van der Waals surface area contributed by atoms with E-state index in [0.717, 1.165) is 32.6 Å². The zero-order chi connectivity index (χ0) is 11.4. The van der Waals surface area contributed by atoms with Crippen molar-refractivity contribution in [2.45, 2.75) is 32.2 Å². The Morgan fingerprint density at radius 2 is 1.94 bits per heavy atom. The highest BCUT2D eigenvalue weighted by Gasteiger charge is 2.26. The summed E-state index contributed by atoms with van der Waals surface area (Å²) < 4.78 is 5.54. The number of hydrogen-bond donors (Lipinski definition) is 1. The lowest BCUT2D eigenvalue weighted by Gasteiger charge is -2.35. The maximum atomic E-state index is 5.54. The van der Waals surface area contributed by atoms with Crippen LogP contribution in [0.5, 0.6) is 0 Å². The molecule has 0 amide bonds. The van der Waals surface area contributed by atoms with Gasteiger partial charge in [-0.1, -0.05) is 31.2 Å². The molecule has 88 valence electrons. The van der Waals surface area contributed by atoms with Crippen molar-refractivity contribution in [1.82, 2.24) is 5.32 Å². The fourth-order valence-electron chi connectivity index (χ4n) is 2.23. The average molecular weight is 219 g/mol. The highest BCUT2D eigenvalue weighted by atomic mass is 16.5. The minimum absolute atomic E-state index is 0.103. The summed E-state index contributed by atoms with van der Waals surface area (Å²) in [5.74, 6) is 0. The van der Waals surface area contributed by atoms with Crippen LogP contribution in [-0.4, -0.2) is 25.3 Å². The van der Waals surface area contributed by atoms with E-state index in [4.69, 9.17) is 4.74 Å². The van der Waals surface area contributed by atoms with Crippen LogP contribution in [0.3, 0.4) is 0 Å². The van der Waals surface area contributed by atoms with Gasteiger partial charge in [-0.3, -0.25) is 0 Å². The molecule has 1 unspecified atom stereocenters. The minimum Gasteiger partial charge on any atom is -0.378 e. The van der Waals surface area contributed by atoms with Crippen LogP contribution in [0.1, 0.15) is 25.0 Å². The molecule has 0 spiro atoms. The fraction of sp³-hybridized carbons (Fsp3) is 0.571. The molecule has 1 fully saturated rings. The molecule has 16 heavy (non-hydrogen) atoms. The summed E-state index contributed by atoms with van der Waals surface area (Å²) in [6.07, 6.45) is 2.15. The van der Waals surface area contributed by atoms with Crippen LogP contribution >= 0.6 is 0 Å². The SMILES string of the molecule is CCc1ccc(CC2(C)COCCN2)cc1. The highest BCUT2D eigenvalue weighted by Crippen LogP contribution is 2.16. The number of aryl methyl sites for hydroxylation is 1. The lowest BCUT2D eigenvalue weighted by molar-refractivity contribution is 0.0356. The van der Waals surface area contributed by atoms with E-state index < -0.39 is 0 Å². The molecular formula is C14H21NO. The molecule has 1 N–H and O–H groups in total. The number of hydrogen-bond acceptors (Lipinski definition) is 2. The zero-order valence-corrected chi connectivity index (χ0v) is 10.3. The first kappa shape index (κ1) is 11.6. The summed E-state index contributed by atoms with van der Waals surface area (Å²) in [5.41, 5.74) is 2.89. The highest BCUT2D eigenvalue weighted by molar-refractivity contribution is 5.24. The molecule has 2 heteroatoms. The predicted octanol–water partition coefficient (Wildman–Crippen LogP) is 2.17. The van der Waals surface area contributed by atoms with Crippen molar-refractivity contribution in [3.05, 3.63) is 35.4 Å². The van der Waals surface area contributed by atoms with Crippen LogP contribution in [-0.2, 0) is 17.6 Å². The summed E-state index contributed by atoms with van der Waals surface area (Å²) in [6, 6.07) is 8.92. The number of nitrogens with one attached hydrogen (secondary N) is 1. The lowest BCUT2D eigenvalue weighted by Crippen LogP contribution is -2.53. The molecule has 1 saturated heterocycles. The van der Waals surface area contributed by atoms with Gasteiger partial charge in [0.25, 0.3) is 0 Å². The Labute approximate surface area is 98.0 Å². The van der Waals surface area contributed by atoms with E-state index in [-0.39, 0.29) is 5.54 Å². The van der Waals surface area contributed by atoms with Gasteiger partial charge in [0.2, 0.25) is 0 Å². The molecule has 0 bridgehead atoms. The molecule has 2 nitrogen and oxygen atoms in total. The standard InChI is InChI=1S/C14H21NO/c1-3-12-4-6-13(7-5-12)10-14(2)11-16-9-8-15-14/h4-7,15H,3,8-11H2,1-2H3. The van der Waals surface area contributed by atoms with Gasteiger partial charge in [0.1, 0.15) is 0 Å². The average Bonchev–Trinajstić information content (AvgIpc) is 2.30. The van der Waals surface area contributed by atoms with Crippen molar-refractivity contribution in [2.24, 2.45) is 0 Å². The smallest absolute Gasteiger partial charge is 0.0649 e. The Bertz CT molecular complexity index is 325. The molecule has 1 aliphatic heterocycles. The number of benzene rings is 1. The Morgan fingerprint density at radius 1 is 1.25 bits per heavy atom. The van der Waals surface area contributed by atoms with Gasteiger partial charge in [0.05, 0.1) is 13.2 Å². The summed E-state index contributed by atoms with van der Waals surface area (Å²) >= 11 is 0. The zero-order valence-electron chi connectivity index (χ0n) is 10.3. The van der Waals surface area contributed by atoms with Gasteiger partial charge < -0.3 is 10.1 Å². The normalized spacial score (nSPS) is 25.6. The molecule has 0 aromatic heterocycles. The second-order valence-electron chi connectivity index (χ2n) is 4.89. The van der Waals surface area contributed by atoms with Crippen LogP contribution < -0.4 is 5.32 Å². The molecule has 1 heterocycles. The quantitative estimate of drug-likeness (QED) is 0.841. The van der Waals surface area contributed by atoms with Crippen LogP contribution in [0.15, 0.2) is 24.3 Å². The predicted molar refractivity (Wildman–Crippen MR) is 66.8 cm³/mol. The summed E-state index contributed by atoms with van der Waals surface area (Å²) in [7, 11) is 0. The van der Waals surface area contributed by atoms with Crippen LogP contribution in [0.25, 0.3) is 0 Å². The number of morpholine rings is 1. The molecule has 0 saturated carbocycles. The van der Waals surface area contributed by atoms with Crippen molar-refractivity contribution in [3.8, 4) is 0 Å². The van der Waals surface area contributed by atoms with Crippen molar-refractivity contribution in [3.63, 3.8) is 0 Å². The lowest BCUT2D eigenvalue weighted by atomic mass is 9.92. The van der Waals surface area contributed by atoms with E-state index in [1.165, 1.54) is 11.1 Å². The minimum atomic E-state index is 0.103. The molecule has 0 radical (unpaired) electrons. The Kier molecular flexibility index (Phi) is 3.62. The first-order valence-corrected chi connectivity index (χ1v) is 6.12. The third-order valence-electron chi connectivity index (χ3n) is 3.24. The third kappa shape index (κ3) is 2.83. The first-order chi connectivity index (χ1) is 7.72. The summed E-state index contributed by atoms with van der Waals surface area (Å²) in [6.45, 7) is 7.03. The topological polar surface area (TPSA) is 21.3 Å².